The van der Waals surface area contributed by atoms with Gasteiger partial charge in [-0.15, -0.1) is 0 Å². The van der Waals surface area contributed by atoms with Crippen molar-refractivity contribution in [2.24, 2.45) is 0 Å². The highest BCUT2D eigenvalue weighted by atomic mass is 79.9. The topological polar surface area (TPSA) is 29.9 Å². The summed E-state index contributed by atoms with van der Waals surface area (Å²) in [7, 11) is 2.04. The van der Waals surface area contributed by atoms with Crippen molar-refractivity contribution < 1.29 is 0 Å². The molecule has 0 bridgehead atoms. The molecule has 0 spiro atoms. The Bertz CT molecular complexity index is 534. The van der Waals surface area contributed by atoms with Gasteiger partial charge in [-0.2, -0.15) is 16.4 Å². The van der Waals surface area contributed by atoms with E-state index in [4.69, 9.17) is 0 Å². The lowest BCUT2D eigenvalue weighted by atomic mass is 10.0. The largest absolute Gasteiger partial charge is 0.316 e. The van der Waals surface area contributed by atoms with Gasteiger partial charge < -0.3 is 5.32 Å². The van der Waals surface area contributed by atoms with Crippen LogP contribution in [0.25, 0.3) is 0 Å². The second-order valence-corrected chi connectivity index (χ2v) is 6.48. The molecule has 0 saturated heterocycles. The third-order valence-corrected chi connectivity index (χ3v) is 5.25. The Balaban J connectivity index is 2.16. The number of nitrogens with zero attached hydrogens (tertiary/aromatic N) is 2. The Labute approximate surface area is 133 Å². The number of likely N-dealkylation sites (N-methyl/N-ethyl adjacent to an activating group) is 1. The van der Waals surface area contributed by atoms with Gasteiger partial charge in [0.1, 0.15) is 0 Å². The number of aromatic nitrogens is 2. The highest BCUT2D eigenvalue weighted by molar-refractivity contribution is 9.10. The summed E-state index contributed by atoms with van der Waals surface area (Å²) in [5.41, 5.74) is 3.87. The van der Waals surface area contributed by atoms with Crippen LogP contribution in [0.2, 0.25) is 0 Å². The van der Waals surface area contributed by atoms with E-state index in [1.807, 2.05) is 7.05 Å². The molecule has 0 radical (unpaired) electrons. The summed E-state index contributed by atoms with van der Waals surface area (Å²) in [6.45, 7) is 5.22. The number of halogens is 1. The Morgan fingerprint density at radius 1 is 1.40 bits per heavy atom. The highest BCUT2D eigenvalue weighted by Gasteiger charge is 2.18. The van der Waals surface area contributed by atoms with Crippen LogP contribution >= 0.6 is 27.3 Å². The van der Waals surface area contributed by atoms with Crippen molar-refractivity contribution in [1.82, 2.24) is 15.1 Å². The fraction of sp³-hybridized carbons (Fsp3) is 0.533. The van der Waals surface area contributed by atoms with Gasteiger partial charge in [0, 0.05) is 19.0 Å². The standard InChI is InChI=1S/C15H22BrN3S/c1-4-13-15(16)14(19(5-2)18-13)9-12(17-3)8-11-6-7-20-10-11/h6-7,10,12,17H,4-5,8-9H2,1-3H3. The van der Waals surface area contributed by atoms with E-state index in [0.29, 0.717) is 6.04 Å². The number of aryl methyl sites for hydroxylation is 2. The second kappa shape index (κ2) is 7.38. The van der Waals surface area contributed by atoms with Gasteiger partial charge in [0.05, 0.1) is 15.9 Å². The fourth-order valence-electron chi connectivity index (χ4n) is 2.42. The average molecular weight is 356 g/mol. The molecule has 0 saturated carbocycles. The molecule has 20 heavy (non-hydrogen) atoms. The summed E-state index contributed by atoms with van der Waals surface area (Å²) in [6.07, 6.45) is 3.02. The van der Waals surface area contributed by atoms with Crippen LogP contribution in [0.5, 0.6) is 0 Å². The third kappa shape index (κ3) is 3.51. The van der Waals surface area contributed by atoms with E-state index < -0.39 is 0 Å². The van der Waals surface area contributed by atoms with Gasteiger partial charge in [-0.3, -0.25) is 4.68 Å². The van der Waals surface area contributed by atoms with Gasteiger partial charge in [-0.05, 0) is 65.1 Å². The summed E-state index contributed by atoms with van der Waals surface area (Å²) in [6, 6.07) is 2.64. The molecular weight excluding hydrogens is 334 g/mol. The predicted molar refractivity (Wildman–Crippen MR) is 89.6 cm³/mol. The Kier molecular flexibility index (Phi) is 5.81. The Morgan fingerprint density at radius 2 is 2.20 bits per heavy atom. The zero-order valence-corrected chi connectivity index (χ0v) is 14.7. The van der Waals surface area contributed by atoms with Crippen molar-refractivity contribution in [3.05, 3.63) is 38.3 Å². The predicted octanol–water partition coefficient (Wildman–Crippen LogP) is 3.66. The van der Waals surface area contributed by atoms with E-state index >= 15 is 0 Å². The molecule has 2 rings (SSSR count). The molecule has 2 heterocycles. The quantitative estimate of drug-likeness (QED) is 0.821. The van der Waals surface area contributed by atoms with Gasteiger partial charge in [0.25, 0.3) is 0 Å². The van der Waals surface area contributed by atoms with Crippen molar-refractivity contribution in [1.29, 1.82) is 0 Å². The van der Waals surface area contributed by atoms with Crippen LogP contribution in [0.1, 0.15) is 30.8 Å². The number of thiophene rings is 1. The zero-order chi connectivity index (χ0) is 14.5. The Hall–Kier alpha value is -0.650. The molecule has 1 unspecified atom stereocenters. The van der Waals surface area contributed by atoms with E-state index in [1.54, 1.807) is 11.3 Å². The van der Waals surface area contributed by atoms with Crippen LogP contribution in [0.4, 0.5) is 0 Å². The van der Waals surface area contributed by atoms with Gasteiger partial charge in [-0.25, -0.2) is 0 Å². The minimum absolute atomic E-state index is 0.438. The first kappa shape index (κ1) is 15.7. The lowest BCUT2D eigenvalue weighted by Crippen LogP contribution is -2.30. The monoisotopic (exact) mass is 355 g/mol. The molecule has 0 aliphatic carbocycles. The summed E-state index contributed by atoms with van der Waals surface area (Å²) in [5, 5.41) is 12.5. The molecule has 0 amide bonds. The first-order valence-electron chi connectivity index (χ1n) is 7.11. The van der Waals surface area contributed by atoms with Gasteiger partial charge in [0.15, 0.2) is 0 Å². The third-order valence-electron chi connectivity index (χ3n) is 3.60. The van der Waals surface area contributed by atoms with Crippen molar-refractivity contribution in [3.8, 4) is 0 Å². The van der Waals surface area contributed by atoms with Crippen LogP contribution < -0.4 is 5.32 Å². The zero-order valence-electron chi connectivity index (χ0n) is 12.3. The molecule has 1 N–H and O–H groups in total. The lowest BCUT2D eigenvalue weighted by Gasteiger charge is -2.16. The summed E-state index contributed by atoms with van der Waals surface area (Å²) < 4.78 is 3.31. The lowest BCUT2D eigenvalue weighted by molar-refractivity contribution is 0.519. The minimum Gasteiger partial charge on any atom is -0.316 e. The molecule has 0 aromatic carbocycles. The minimum atomic E-state index is 0.438. The molecule has 3 nitrogen and oxygen atoms in total. The van der Waals surface area contributed by atoms with Crippen molar-refractivity contribution in [2.75, 3.05) is 7.05 Å². The van der Waals surface area contributed by atoms with Crippen LogP contribution in [0, 0.1) is 0 Å². The number of hydrogen-bond donors (Lipinski definition) is 1. The molecule has 110 valence electrons. The van der Waals surface area contributed by atoms with Crippen LogP contribution in [-0.2, 0) is 25.8 Å². The van der Waals surface area contributed by atoms with Crippen LogP contribution in [0.15, 0.2) is 21.3 Å². The molecule has 1 atom stereocenters. The maximum atomic E-state index is 4.68. The molecule has 2 aromatic rings. The molecular formula is C15H22BrN3S. The van der Waals surface area contributed by atoms with Crippen molar-refractivity contribution in [3.63, 3.8) is 0 Å². The molecule has 0 aliphatic heterocycles. The van der Waals surface area contributed by atoms with Crippen molar-refractivity contribution >= 4 is 27.3 Å². The average Bonchev–Trinajstić information content (AvgIpc) is 3.07. The fourth-order valence-corrected chi connectivity index (χ4v) is 3.82. The summed E-state index contributed by atoms with van der Waals surface area (Å²) >= 11 is 5.49. The highest BCUT2D eigenvalue weighted by Crippen LogP contribution is 2.24. The van der Waals surface area contributed by atoms with Gasteiger partial charge in [0.2, 0.25) is 0 Å². The Morgan fingerprint density at radius 3 is 2.75 bits per heavy atom. The summed E-state index contributed by atoms with van der Waals surface area (Å²) in [4.78, 5) is 0. The van der Waals surface area contributed by atoms with E-state index in [2.05, 4.69) is 61.7 Å². The summed E-state index contributed by atoms with van der Waals surface area (Å²) in [5.74, 6) is 0. The second-order valence-electron chi connectivity index (χ2n) is 4.90. The first-order valence-corrected chi connectivity index (χ1v) is 8.85. The first-order chi connectivity index (χ1) is 9.69. The number of rotatable bonds is 7. The molecule has 2 aromatic heterocycles. The maximum absolute atomic E-state index is 4.68. The van der Waals surface area contributed by atoms with E-state index in [-0.39, 0.29) is 0 Å². The van der Waals surface area contributed by atoms with E-state index in [9.17, 15) is 0 Å². The van der Waals surface area contributed by atoms with Gasteiger partial charge >= 0.3 is 0 Å². The van der Waals surface area contributed by atoms with Crippen LogP contribution in [0.3, 0.4) is 0 Å². The van der Waals surface area contributed by atoms with E-state index in [0.717, 1.165) is 31.5 Å². The van der Waals surface area contributed by atoms with Crippen LogP contribution in [-0.4, -0.2) is 22.9 Å². The SMILES string of the molecule is CCc1nn(CC)c(CC(Cc2ccsc2)NC)c1Br. The smallest absolute Gasteiger partial charge is 0.0766 e. The number of nitrogens with one attached hydrogen (secondary N) is 1. The molecule has 0 fully saturated rings. The molecule has 5 heteroatoms. The van der Waals surface area contributed by atoms with Crippen molar-refractivity contribution in [2.45, 2.75) is 45.7 Å². The molecule has 0 aliphatic rings. The van der Waals surface area contributed by atoms with Gasteiger partial charge in [-0.1, -0.05) is 6.92 Å². The maximum Gasteiger partial charge on any atom is 0.0766 e. The normalized spacial score (nSPS) is 12.8. The number of hydrogen-bond acceptors (Lipinski definition) is 3. The van der Waals surface area contributed by atoms with E-state index in [1.165, 1.54) is 15.7 Å².